The van der Waals surface area contributed by atoms with Crippen LogP contribution in [0.2, 0.25) is 0 Å². The minimum absolute atomic E-state index is 0.00530. The van der Waals surface area contributed by atoms with Crippen molar-refractivity contribution in [2.45, 2.75) is 64.5 Å². The van der Waals surface area contributed by atoms with E-state index < -0.39 is 5.54 Å². The molecule has 0 bridgehead atoms. The number of ether oxygens (including phenoxy) is 2. The van der Waals surface area contributed by atoms with E-state index in [9.17, 15) is 9.59 Å². The van der Waals surface area contributed by atoms with Gasteiger partial charge in [-0.25, -0.2) is 4.98 Å². The van der Waals surface area contributed by atoms with Crippen LogP contribution in [-0.2, 0) is 25.6 Å². The average Bonchev–Trinajstić information content (AvgIpc) is 3.32. The first-order chi connectivity index (χ1) is 17.4. The number of pyridine rings is 1. The minimum Gasteiger partial charge on any atom is -0.497 e. The van der Waals surface area contributed by atoms with Gasteiger partial charge in [-0.1, -0.05) is 32.8 Å². The summed E-state index contributed by atoms with van der Waals surface area (Å²) in [6.45, 7) is 5.78. The molecule has 3 aliphatic rings. The topological polar surface area (TPSA) is 92.8 Å². The molecule has 0 saturated heterocycles. The van der Waals surface area contributed by atoms with Crippen LogP contribution in [0.4, 0.5) is 5.82 Å². The number of amides is 2. The summed E-state index contributed by atoms with van der Waals surface area (Å²) in [5.74, 6) is 2.32. The molecule has 36 heavy (non-hydrogen) atoms. The van der Waals surface area contributed by atoms with E-state index in [1.807, 2.05) is 6.07 Å². The molecule has 1 aromatic heterocycles. The Labute approximate surface area is 213 Å². The molecule has 1 unspecified atom stereocenters. The second-order valence-corrected chi connectivity index (χ2v) is 10.0. The maximum atomic E-state index is 12.9. The van der Waals surface area contributed by atoms with E-state index in [1.54, 1.807) is 37.4 Å². The molecule has 2 N–H and O–H groups in total. The van der Waals surface area contributed by atoms with Crippen LogP contribution < -0.4 is 10.6 Å². The molecular weight excluding hydrogens is 456 g/mol. The minimum atomic E-state index is -0.488. The molecule has 0 radical (unpaired) electrons. The number of likely N-dealkylation sites (N-methyl/N-ethyl adjacent to an activating group) is 1. The number of methoxy groups -OCH3 is 1. The number of nitrogens with zero attached hydrogens (tertiary/aromatic N) is 2. The lowest BCUT2D eigenvalue weighted by Crippen LogP contribution is -2.50. The van der Waals surface area contributed by atoms with Gasteiger partial charge in [0, 0.05) is 49.5 Å². The second kappa shape index (κ2) is 11.3. The summed E-state index contributed by atoms with van der Waals surface area (Å²) in [5, 5.41) is 6.46. The van der Waals surface area contributed by atoms with Gasteiger partial charge in [0.05, 0.1) is 19.3 Å². The van der Waals surface area contributed by atoms with Crippen LogP contribution >= 0.6 is 0 Å². The van der Waals surface area contributed by atoms with E-state index in [4.69, 9.17) is 9.47 Å². The second-order valence-electron chi connectivity index (χ2n) is 10.0. The lowest BCUT2D eigenvalue weighted by molar-refractivity contribution is -0.124. The summed E-state index contributed by atoms with van der Waals surface area (Å²) in [6, 6.07) is 1.97. The van der Waals surface area contributed by atoms with Gasteiger partial charge < -0.3 is 19.7 Å². The zero-order valence-corrected chi connectivity index (χ0v) is 21.9. The summed E-state index contributed by atoms with van der Waals surface area (Å²) < 4.78 is 11.7. The molecule has 4 rings (SSSR count). The Morgan fingerprint density at radius 3 is 2.83 bits per heavy atom. The molecule has 1 fully saturated rings. The fraction of sp³-hybridized carbons (Fsp3) is 0.536. The number of nitrogens with one attached hydrogen (secondary N) is 2. The average molecular weight is 495 g/mol. The van der Waals surface area contributed by atoms with Gasteiger partial charge in [0.2, 0.25) is 11.8 Å². The van der Waals surface area contributed by atoms with Crippen LogP contribution in [0.15, 0.2) is 41.5 Å². The van der Waals surface area contributed by atoms with Gasteiger partial charge in [-0.15, -0.1) is 0 Å². The number of carbonyl (C=O) groups is 2. The van der Waals surface area contributed by atoms with Crippen LogP contribution in [-0.4, -0.2) is 54.5 Å². The first-order valence-electron chi connectivity index (χ1n) is 13.0. The Kier molecular flexibility index (Phi) is 8.14. The van der Waals surface area contributed by atoms with Crippen molar-refractivity contribution in [3.63, 3.8) is 0 Å². The lowest BCUT2D eigenvalue weighted by Gasteiger charge is -2.27. The lowest BCUT2D eigenvalue weighted by atomic mass is 9.94. The largest absolute Gasteiger partial charge is 0.497 e. The standard InChI is InChI=1S/C28H38N4O4/c1-5-14-36-25-21(10-8-19(2)24(25)35-4)18-32(3)23(33)11-9-20-15-22-17-30-28(12-6-7-13-28)27(34)31-26(22)29-16-20/h9-11,15-16,19,30H,5-8,12-14,17-18H2,1-4H3,(H,29,31,34)/b11-9+. The van der Waals surface area contributed by atoms with Crippen molar-refractivity contribution in [1.29, 1.82) is 0 Å². The summed E-state index contributed by atoms with van der Waals surface area (Å²) >= 11 is 0. The zero-order chi connectivity index (χ0) is 25.7. The molecule has 1 saturated carbocycles. The van der Waals surface area contributed by atoms with Gasteiger partial charge in [0.25, 0.3) is 0 Å². The summed E-state index contributed by atoms with van der Waals surface area (Å²) in [5.41, 5.74) is 2.22. The van der Waals surface area contributed by atoms with Crippen LogP contribution in [0, 0.1) is 5.92 Å². The molecule has 2 amide bonds. The quantitative estimate of drug-likeness (QED) is 0.527. The van der Waals surface area contributed by atoms with Crippen LogP contribution in [0.3, 0.4) is 0 Å². The number of fused-ring (bicyclic) bond motifs is 1. The highest BCUT2D eigenvalue weighted by molar-refractivity contribution is 5.99. The van der Waals surface area contributed by atoms with Crippen molar-refractivity contribution in [2.75, 3.05) is 32.6 Å². The van der Waals surface area contributed by atoms with Crippen LogP contribution in [0.5, 0.6) is 0 Å². The van der Waals surface area contributed by atoms with E-state index in [-0.39, 0.29) is 17.7 Å². The van der Waals surface area contributed by atoms with Crippen molar-refractivity contribution >= 4 is 23.7 Å². The molecule has 1 aromatic rings. The number of hydrogen-bond donors (Lipinski definition) is 2. The van der Waals surface area contributed by atoms with E-state index in [0.29, 0.717) is 25.5 Å². The van der Waals surface area contributed by atoms with Crippen molar-refractivity contribution in [3.05, 3.63) is 52.6 Å². The smallest absolute Gasteiger partial charge is 0.246 e. The Hall–Kier alpha value is -3.13. The Morgan fingerprint density at radius 1 is 1.33 bits per heavy atom. The third-order valence-electron chi connectivity index (χ3n) is 7.28. The predicted molar refractivity (Wildman–Crippen MR) is 140 cm³/mol. The molecule has 8 nitrogen and oxygen atoms in total. The van der Waals surface area contributed by atoms with Crippen LogP contribution in [0.25, 0.3) is 6.08 Å². The molecule has 1 spiro atoms. The van der Waals surface area contributed by atoms with Crippen molar-refractivity contribution in [1.82, 2.24) is 15.2 Å². The van der Waals surface area contributed by atoms with Gasteiger partial charge in [0.1, 0.15) is 11.6 Å². The van der Waals surface area contributed by atoms with Crippen molar-refractivity contribution in [2.24, 2.45) is 5.92 Å². The maximum Gasteiger partial charge on any atom is 0.246 e. The first-order valence-corrected chi connectivity index (χ1v) is 13.0. The predicted octanol–water partition coefficient (Wildman–Crippen LogP) is 4.16. The number of aromatic nitrogens is 1. The maximum absolute atomic E-state index is 12.9. The molecule has 194 valence electrons. The van der Waals surface area contributed by atoms with E-state index in [2.05, 4.69) is 35.5 Å². The highest BCUT2D eigenvalue weighted by atomic mass is 16.5. The molecule has 1 aliphatic heterocycles. The number of allylic oxidation sites excluding steroid dienone is 2. The Morgan fingerprint density at radius 2 is 2.11 bits per heavy atom. The monoisotopic (exact) mass is 494 g/mol. The fourth-order valence-corrected chi connectivity index (χ4v) is 5.15. The number of carbonyl (C=O) groups excluding carboxylic acids is 2. The van der Waals surface area contributed by atoms with Gasteiger partial charge in [0.15, 0.2) is 5.76 Å². The third-order valence-corrected chi connectivity index (χ3v) is 7.28. The zero-order valence-electron chi connectivity index (χ0n) is 21.9. The van der Waals surface area contributed by atoms with Gasteiger partial charge in [-0.3, -0.25) is 14.9 Å². The third kappa shape index (κ3) is 5.48. The number of anilines is 1. The normalized spacial score (nSPS) is 21.2. The van der Waals surface area contributed by atoms with Gasteiger partial charge in [-0.05, 0) is 43.4 Å². The Balaban J connectivity index is 1.42. The molecule has 0 aromatic carbocycles. The summed E-state index contributed by atoms with van der Waals surface area (Å²) in [7, 11) is 3.45. The van der Waals surface area contributed by atoms with E-state index >= 15 is 0 Å². The first kappa shape index (κ1) is 25.9. The SMILES string of the molecule is CCCOC1=C(OC)C(C)CC=C1CN(C)C(=O)/C=C/c1cnc2c(c1)CNC1(CCCC1)C(=O)N2. The van der Waals surface area contributed by atoms with E-state index in [1.165, 1.54) is 0 Å². The number of rotatable bonds is 8. The van der Waals surface area contributed by atoms with Gasteiger partial charge in [-0.2, -0.15) is 0 Å². The van der Waals surface area contributed by atoms with Crippen molar-refractivity contribution < 1.29 is 19.1 Å². The highest BCUT2D eigenvalue weighted by Gasteiger charge is 2.42. The molecule has 1 atom stereocenters. The van der Waals surface area contributed by atoms with Crippen LogP contribution in [0.1, 0.15) is 63.5 Å². The fourth-order valence-electron chi connectivity index (χ4n) is 5.15. The molecule has 2 aliphatic carbocycles. The van der Waals surface area contributed by atoms with E-state index in [0.717, 1.165) is 66.7 Å². The summed E-state index contributed by atoms with van der Waals surface area (Å²) in [6.07, 6.45) is 12.7. The Bertz CT molecular complexity index is 1090. The molecule has 2 heterocycles. The summed E-state index contributed by atoms with van der Waals surface area (Å²) in [4.78, 5) is 31.8. The number of hydrogen-bond acceptors (Lipinski definition) is 6. The molecule has 8 heteroatoms. The molecular formula is C28H38N4O4. The van der Waals surface area contributed by atoms with Crippen molar-refractivity contribution in [3.8, 4) is 0 Å². The highest BCUT2D eigenvalue weighted by Crippen LogP contribution is 2.34. The van der Waals surface area contributed by atoms with Gasteiger partial charge >= 0.3 is 0 Å².